The summed E-state index contributed by atoms with van der Waals surface area (Å²) in [7, 11) is 0. The van der Waals surface area contributed by atoms with Crippen LogP contribution in [0.3, 0.4) is 0 Å². The van der Waals surface area contributed by atoms with Gasteiger partial charge >= 0.3 is 5.97 Å². The second kappa shape index (κ2) is 10.2. The molecule has 0 unspecified atom stereocenters. The molecule has 3 N–H and O–H groups in total. The van der Waals surface area contributed by atoms with E-state index in [-0.39, 0.29) is 18.9 Å². The molecule has 2 heterocycles. The van der Waals surface area contributed by atoms with Gasteiger partial charge in [0.05, 0.1) is 23.7 Å². The van der Waals surface area contributed by atoms with Gasteiger partial charge in [0.25, 0.3) is 0 Å². The molecular weight excluding hydrogens is 446 g/mol. The summed E-state index contributed by atoms with van der Waals surface area (Å²) in [5.41, 5.74) is 4.52. The highest BCUT2D eigenvalue weighted by molar-refractivity contribution is 5.79. The predicted molar refractivity (Wildman–Crippen MR) is 132 cm³/mol. The van der Waals surface area contributed by atoms with E-state index in [9.17, 15) is 9.90 Å². The third-order valence-corrected chi connectivity index (χ3v) is 6.11. The van der Waals surface area contributed by atoms with Gasteiger partial charge in [-0.2, -0.15) is 0 Å². The minimum Gasteiger partial charge on any atom is -0.481 e. The van der Waals surface area contributed by atoms with Crippen LogP contribution in [0.2, 0.25) is 0 Å². The van der Waals surface area contributed by atoms with Crippen molar-refractivity contribution in [2.45, 2.75) is 31.7 Å². The van der Waals surface area contributed by atoms with Gasteiger partial charge in [-0.1, -0.05) is 54.6 Å². The minimum atomic E-state index is -1.03. The van der Waals surface area contributed by atoms with Crippen molar-refractivity contribution in [1.82, 2.24) is 9.55 Å². The first-order valence-electron chi connectivity index (χ1n) is 11.6. The lowest BCUT2D eigenvalue weighted by molar-refractivity contribution is -0.139. The number of aliphatic carboxylic acids is 1. The summed E-state index contributed by atoms with van der Waals surface area (Å²) in [5.74, 6) is 0.158. The topological polar surface area (TPSA) is 106 Å². The number of aromatic nitrogens is 2. The van der Waals surface area contributed by atoms with E-state index >= 15 is 0 Å². The Labute approximate surface area is 202 Å². The summed E-state index contributed by atoms with van der Waals surface area (Å²) in [6, 6.07) is 23.4. The Kier molecular flexibility index (Phi) is 6.65. The zero-order valence-electron chi connectivity index (χ0n) is 19.1. The van der Waals surface area contributed by atoms with Crippen molar-refractivity contribution in [2.24, 2.45) is 0 Å². The molecule has 2 atom stereocenters. The Bertz CT molecular complexity index is 1320. The first kappa shape index (κ1) is 22.9. The van der Waals surface area contributed by atoms with Gasteiger partial charge in [-0.15, -0.1) is 0 Å². The Morgan fingerprint density at radius 2 is 1.89 bits per heavy atom. The van der Waals surface area contributed by atoms with Crippen LogP contribution in [-0.4, -0.2) is 45.1 Å². The van der Waals surface area contributed by atoms with Gasteiger partial charge in [0.1, 0.15) is 12.0 Å². The number of aliphatic hydroxyl groups is 1. The van der Waals surface area contributed by atoms with Crippen LogP contribution in [0.4, 0.5) is 5.95 Å². The molecule has 0 bridgehead atoms. The highest BCUT2D eigenvalue weighted by atomic mass is 16.5. The number of nitrogens with zero attached hydrogens (tertiary/aromatic N) is 2. The summed E-state index contributed by atoms with van der Waals surface area (Å²) in [6.45, 7) is 0.0360. The molecule has 3 aromatic carbocycles. The Hall–Kier alpha value is -3.88. The Morgan fingerprint density at radius 3 is 2.66 bits per heavy atom. The van der Waals surface area contributed by atoms with Crippen LogP contribution in [0.25, 0.3) is 22.2 Å². The maximum atomic E-state index is 11.1. The van der Waals surface area contributed by atoms with Crippen LogP contribution in [0.1, 0.15) is 24.6 Å². The lowest BCUT2D eigenvalue weighted by Crippen LogP contribution is -2.16. The first-order chi connectivity index (χ1) is 17.1. The number of nitrogens with one attached hydrogen (secondary N) is 1. The number of carboxylic acids is 1. The first-order valence-corrected chi connectivity index (χ1v) is 11.6. The number of carbonyl (C=O) groups is 1. The summed E-state index contributed by atoms with van der Waals surface area (Å²) < 4.78 is 13.7. The van der Waals surface area contributed by atoms with Crippen LogP contribution in [-0.2, 0) is 16.1 Å². The molecule has 0 saturated carbocycles. The van der Waals surface area contributed by atoms with Crippen LogP contribution >= 0.6 is 0 Å². The van der Waals surface area contributed by atoms with Crippen LogP contribution in [0.15, 0.2) is 72.8 Å². The molecule has 180 valence electrons. The number of fused-ring (bicyclic) bond motifs is 1. The standard InChI is InChI=1S/C27H27N3O5/c31-16-20-11-13-25(35-20)30-23-9-5-4-8-22(23)29-27(30)28-15-18-10-12-21(19-6-2-1-3-7-19)24(14-18)34-17-26(32)33/h1-10,12,14,20,25,31H,11,13,15-17H2,(H,28,29)(H,32,33)/t20-,25+/m0/s1. The number of para-hydroxylation sites is 2. The number of benzene rings is 3. The smallest absolute Gasteiger partial charge is 0.341 e. The second-order valence-corrected chi connectivity index (χ2v) is 8.50. The maximum absolute atomic E-state index is 11.1. The minimum absolute atomic E-state index is 0.00122. The number of rotatable bonds is 9. The Balaban J connectivity index is 1.42. The van der Waals surface area contributed by atoms with Crippen molar-refractivity contribution >= 4 is 23.0 Å². The molecule has 8 nitrogen and oxygen atoms in total. The molecule has 1 aromatic heterocycles. The number of hydrogen-bond acceptors (Lipinski definition) is 6. The van der Waals surface area contributed by atoms with Crippen molar-refractivity contribution < 1.29 is 24.5 Å². The second-order valence-electron chi connectivity index (χ2n) is 8.50. The van der Waals surface area contributed by atoms with E-state index in [0.717, 1.165) is 40.6 Å². The normalized spacial score (nSPS) is 17.5. The van der Waals surface area contributed by atoms with Crippen molar-refractivity contribution in [3.8, 4) is 16.9 Å². The van der Waals surface area contributed by atoms with Gasteiger partial charge in [0.15, 0.2) is 6.61 Å². The zero-order valence-corrected chi connectivity index (χ0v) is 19.1. The van der Waals surface area contributed by atoms with Gasteiger partial charge in [-0.3, -0.25) is 4.57 Å². The van der Waals surface area contributed by atoms with E-state index in [1.54, 1.807) is 0 Å². The molecule has 1 aliphatic rings. The van der Waals surface area contributed by atoms with Crippen molar-refractivity contribution in [3.05, 3.63) is 78.4 Å². The number of aliphatic hydroxyl groups excluding tert-OH is 1. The number of carboxylic acid groups (broad SMARTS) is 1. The lowest BCUT2D eigenvalue weighted by Gasteiger charge is -2.18. The highest BCUT2D eigenvalue weighted by Gasteiger charge is 2.29. The van der Waals surface area contributed by atoms with E-state index in [2.05, 4.69) is 5.32 Å². The SMILES string of the molecule is O=C(O)COc1cc(CNc2nc3ccccc3n2[C@H]2CC[C@@H](CO)O2)ccc1-c1ccccc1. The van der Waals surface area contributed by atoms with Gasteiger partial charge in [0.2, 0.25) is 5.95 Å². The van der Waals surface area contributed by atoms with E-state index < -0.39 is 12.6 Å². The monoisotopic (exact) mass is 473 g/mol. The highest BCUT2D eigenvalue weighted by Crippen LogP contribution is 2.35. The third-order valence-electron chi connectivity index (χ3n) is 6.11. The number of imidazole rings is 1. The summed E-state index contributed by atoms with van der Waals surface area (Å²) >= 11 is 0. The van der Waals surface area contributed by atoms with Crippen LogP contribution in [0, 0.1) is 0 Å². The van der Waals surface area contributed by atoms with Crippen molar-refractivity contribution in [2.75, 3.05) is 18.5 Å². The van der Waals surface area contributed by atoms with Crippen LogP contribution < -0.4 is 10.1 Å². The molecule has 1 saturated heterocycles. The average Bonchev–Trinajstić information content (AvgIpc) is 3.50. The van der Waals surface area contributed by atoms with E-state index in [1.807, 2.05) is 77.4 Å². The van der Waals surface area contributed by atoms with Gasteiger partial charge in [0, 0.05) is 12.1 Å². The van der Waals surface area contributed by atoms with Crippen molar-refractivity contribution in [3.63, 3.8) is 0 Å². The molecule has 4 aromatic rings. The number of hydrogen-bond donors (Lipinski definition) is 3. The van der Waals surface area contributed by atoms with E-state index in [0.29, 0.717) is 18.2 Å². The number of ether oxygens (including phenoxy) is 2. The molecule has 1 fully saturated rings. The molecule has 0 aliphatic carbocycles. The predicted octanol–water partition coefficient (Wildman–Crippen LogP) is 4.45. The fourth-order valence-corrected chi connectivity index (χ4v) is 4.44. The quantitative estimate of drug-likeness (QED) is 0.330. The van der Waals surface area contributed by atoms with Crippen LogP contribution in [0.5, 0.6) is 5.75 Å². The molecule has 0 radical (unpaired) electrons. The summed E-state index contributed by atoms with van der Waals surface area (Å²) in [4.78, 5) is 15.9. The summed E-state index contributed by atoms with van der Waals surface area (Å²) in [5, 5.41) is 22.0. The molecular formula is C27H27N3O5. The van der Waals surface area contributed by atoms with Gasteiger partial charge in [-0.05, 0) is 42.2 Å². The van der Waals surface area contributed by atoms with Gasteiger partial charge in [-0.25, -0.2) is 9.78 Å². The van der Waals surface area contributed by atoms with E-state index in [4.69, 9.17) is 19.6 Å². The zero-order chi connectivity index (χ0) is 24.2. The van der Waals surface area contributed by atoms with Crippen molar-refractivity contribution in [1.29, 1.82) is 0 Å². The lowest BCUT2D eigenvalue weighted by atomic mass is 10.0. The average molecular weight is 474 g/mol. The molecule has 5 rings (SSSR count). The molecule has 0 spiro atoms. The fourth-order valence-electron chi connectivity index (χ4n) is 4.44. The molecule has 1 aliphatic heterocycles. The van der Waals surface area contributed by atoms with Gasteiger partial charge < -0.3 is 25.0 Å². The molecule has 0 amide bonds. The maximum Gasteiger partial charge on any atom is 0.341 e. The molecule has 8 heteroatoms. The Morgan fingerprint density at radius 1 is 1.09 bits per heavy atom. The molecule has 35 heavy (non-hydrogen) atoms. The largest absolute Gasteiger partial charge is 0.481 e. The van der Waals surface area contributed by atoms with E-state index in [1.165, 1.54) is 0 Å². The fraction of sp³-hybridized carbons (Fsp3) is 0.259. The number of anilines is 1. The summed E-state index contributed by atoms with van der Waals surface area (Å²) in [6.07, 6.45) is 1.20. The third kappa shape index (κ3) is 4.99.